The fourth-order valence-electron chi connectivity index (χ4n) is 2.63. The summed E-state index contributed by atoms with van der Waals surface area (Å²) in [6.45, 7) is 6.18. The maximum atomic E-state index is 9.48. The highest BCUT2D eigenvalue weighted by molar-refractivity contribution is 4.89. The van der Waals surface area contributed by atoms with E-state index in [1.54, 1.807) is 0 Å². The molecule has 0 spiro atoms. The van der Waals surface area contributed by atoms with Gasteiger partial charge in [0.2, 0.25) is 5.89 Å². The van der Waals surface area contributed by atoms with E-state index in [2.05, 4.69) is 28.9 Å². The molecule has 1 aromatic heterocycles. The second-order valence-electron chi connectivity index (χ2n) is 5.86. The van der Waals surface area contributed by atoms with Crippen LogP contribution in [-0.2, 0) is 13.0 Å². The summed E-state index contributed by atoms with van der Waals surface area (Å²) in [5.74, 6) is 2.00. The number of rotatable bonds is 5. The van der Waals surface area contributed by atoms with Crippen LogP contribution in [0.4, 0.5) is 0 Å². The highest BCUT2D eigenvalue weighted by Crippen LogP contribution is 2.18. The predicted molar refractivity (Wildman–Crippen MR) is 72.6 cm³/mol. The molecule has 2 heterocycles. The van der Waals surface area contributed by atoms with Gasteiger partial charge in [0.15, 0.2) is 5.82 Å². The highest BCUT2D eigenvalue weighted by atomic mass is 16.5. The Morgan fingerprint density at radius 3 is 2.95 bits per heavy atom. The van der Waals surface area contributed by atoms with Crippen molar-refractivity contribution >= 4 is 0 Å². The molecule has 1 aromatic rings. The average molecular weight is 267 g/mol. The van der Waals surface area contributed by atoms with E-state index in [1.807, 2.05) is 0 Å². The van der Waals surface area contributed by atoms with Gasteiger partial charge in [-0.05, 0) is 25.3 Å². The zero-order chi connectivity index (χ0) is 13.7. The Kier molecular flexibility index (Phi) is 5.34. The lowest BCUT2D eigenvalue weighted by atomic mass is 10.1. The monoisotopic (exact) mass is 267 g/mol. The fraction of sp³-hybridized carbons (Fsp3) is 0.857. The predicted octanol–water partition coefficient (Wildman–Crippen LogP) is 2.01. The number of aliphatic hydroxyl groups is 1. The van der Waals surface area contributed by atoms with Crippen LogP contribution in [0.2, 0.25) is 0 Å². The van der Waals surface area contributed by atoms with Crippen LogP contribution in [-0.4, -0.2) is 39.3 Å². The molecule has 108 valence electrons. The Hall–Kier alpha value is -0.940. The summed E-state index contributed by atoms with van der Waals surface area (Å²) in [6.07, 6.45) is 5.54. The third kappa shape index (κ3) is 4.28. The number of aliphatic hydroxyl groups excluding tert-OH is 1. The van der Waals surface area contributed by atoms with E-state index in [0.717, 1.165) is 25.2 Å². The minimum Gasteiger partial charge on any atom is -0.395 e. The first-order valence-corrected chi connectivity index (χ1v) is 7.35. The van der Waals surface area contributed by atoms with Gasteiger partial charge in [0, 0.05) is 12.5 Å². The lowest BCUT2D eigenvalue weighted by Gasteiger charge is -2.26. The molecule has 1 unspecified atom stereocenters. The quantitative estimate of drug-likeness (QED) is 0.884. The molecule has 2 rings (SSSR count). The molecule has 1 atom stereocenters. The normalized spacial score (nSPS) is 21.8. The molecule has 0 aromatic carbocycles. The third-order valence-corrected chi connectivity index (χ3v) is 3.65. The number of aromatic nitrogens is 2. The van der Waals surface area contributed by atoms with Gasteiger partial charge in [-0.3, -0.25) is 4.90 Å². The van der Waals surface area contributed by atoms with E-state index < -0.39 is 0 Å². The van der Waals surface area contributed by atoms with E-state index in [-0.39, 0.29) is 12.6 Å². The summed E-state index contributed by atoms with van der Waals surface area (Å²) in [6, 6.07) is 0.239. The van der Waals surface area contributed by atoms with Crippen molar-refractivity contribution in [3.8, 4) is 0 Å². The van der Waals surface area contributed by atoms with Crippen LogP contribution in [0, 0.1) is 5.92 Å². The van der Waals surface area contributed by atoms with Crippen molar-refractivity contribution in [3.05, 3.63) is 11.7 Å². The van der Waals surface area contributed by atoms with E-state index in [0.29, 0.717) is 18.4 Å². The van der Waals surface area contributed by atoms with Crippen molar-refractivity contribution in [1.82, 2.24) is 15.0 Å². The Balaban J connectivity index is 1.96. The maximum Gasteiger partial charge on any atom is 0.240 e. The average Bonchev–Trinajstić information content (AvgIpc) is 2.67. The maximum absolute atomic E-state index is 9.48. The second kappa shape index (κ2) is 7.01. The Labute approximate surface area is 115 Å². The molecule has 0 amide bonds. The number of hydrogen-bond donors (Lipinski definition) is 1. The van der Waals surface area contributed by atoms with E-state index in [1.165, 1.54) is 19.3 Å². The van der Waals surface area contributed by atoms with E-state index in [9.17, 15) is 5.11 Å². The van der Waals surface area contributed by atoms with Gasteiger partial charge in [-0.25, -0.2) is 0 Å². The molecule has 0 aliphatic carbocycles. The van der Waals surface area contributed by atoms with E-state index in [4.69, 9.17) is 4.52 Å². The molecular weight excluding hydrogens is 242 g/mol. The molecular formula is C14H25N3O2. The van der Waals surface area contributed by atoms with Crippen LogP contribution in [0.3, 0.4) is 0 Å². The summed E-state index contributed by atoms with van der Waals surface area (Å²) in [4.78, 5) is 6.72. The number of hydrogen-bond acceptors (Lipinski definition) is 5. The third-order valence-electron chi connectivity index (χ3n) is 3.65. The van der Waals surface area contributed by atoms with Crippen molar-refractivity contribution in [2.75, 3.05) is 13.2 Å². The molecule has 1 fully saturated rings. The molecule has 1 aliphatic heterocycles. The summed E-state index contributed by atoms with van der Waals surface area (Å²) in [5.41, 5.74) is 0. The van der Waals surface area contributed by atoms with Crippen LogP contribution in [0.15, 0.2) is 4.52 Å². The Morgan fingerprint density at radius 1 is 1.37 bits per heavy atom. The molecule has 0 saturated carbocycles. The van der Waals surface area contributed by atoms with Crippen LogP contribution in [0.5, 0.6) is 0 Å². The molecule has 0 bridgehead atoms. The lowest BCUT2D eigenvalue weighted by Crippen LogP contribution is -2.37. The highest BCUT2D eigenvalue weighted by Gasteiger charge is 2.22. The van der Waals surface area contributed by atoms with Crippen molar-refractivity contribution < 1.29 is 9.63 Å². The smallest absolute Gasteiger partial charge is 0.240 e. The largest absolute Gasteiger partial charge is 0.395 e. The minimum absolute atomic E-state index is 0.215. The second-order valence-corrected chi connectivity index (χ2v) is 5.86. The van der Waals surface area contributed by atoms with Gasteiger partial charge in [0.05, 0.1) is 13.2 Å². The molecule has 1 aliphatic rings. The summed E-state index contributed by atoms with van der Waals surface area (Å²) >= 11 is 0. The molecule has 5 heteroatoms. The Bertz CT molecular complexity index is 379. The molecule has 0 radical (unpaired) electrons. The van der Waals surface area contributed by atoms with Crippen LogP contribution in [0.25, 0.3) is 0 Å². The van der Waals surface area contributed by atoms with Crippen LogP contribution < -0.4 is 0 Å². The van der Waals surface area contributed by atoms with Gasteiger partial charge >= 0.3 is 0 Å². The summed E-state index contributed by atoms with van der Waals surface area (Å²) in [5, 5.41) is 13.5. The van der Waals surface area contributed by atoms with Gasteiger partial charge in [0.1, 0.15) is 0 Å². The molecule has 1 saturated heterocycles. The van der Waals surface area contributed by atoms with Crippen LogP contribution >= 0.6 is 0 Å². The van der Waals surface area contributed by atoms with Crippen molar-refractivity contribution in [2.45, 2.75) is 58.5 Å². The Morgan fingerprint density at radius 2 is 2.21 bits per heavy atom. The standard InChI is InChI=1S/C14H25N3O2/c1-11(2)8-13-15-14(19-16-13)9-17-7-5-3-4-6-12(17)10-18/h11-12,18H,3-10H2,1-2H3. The molecule has 1 N–H and O–H groups in total. The zero-order valence-electron chi connectivity index (χ0n) is 12.0. The minimum atomic E-state index is 0.215. The van der Waals surface area contributed by atoms with Gasteiger partial charge < -0.3 is 9.63 Å². The SMILES string of the molecule is CC(C)Cc1noc(CN2CCCCCC2CO)n1. The molecule has 19 heavy (non-hydrogen) atoms. The first-order valence-electron chi connectivity index (χ1n) is 7.35. The first-order chi connectivity index (χ1) is 9.19. The summed E-state index contributed by atoms with van der Waals surface area (Å²) in [7, 11) is 0. The number of nitrogens with zero attached hydrogens (tertiary/aromatic N) is 3. The first kappa shape index (κ1) is 14.5. The number of likely N-dealkylation sites (tertiary alicyclic amines) is 1. The van der Waals surface area contributed by atoms with Crippen LogP contribution in [0.1, 0.15) is 51.2 Å². The topological polar surface area (TPSA) is 62.4 Å². The lowest BCUT2D eigenvalue weighted by molar-refractivity contribution is 0.107. The van der Waals surface area contributed by atoms with Crippen molar-refractivity contribution in [2.24, 2.45) is 5.92 Å². The van der Waals surface area contributed by atoms with Gasteiger partial charge in [-0.1, -0.05) is 31.8 Å². The summed E-state index contributed by atoms with van der Waals surface area (Å²) < 4.78 is 5.32. The van der Waals surface area contributed by atoms with Crippen molar-refractivity contribution in [3.63, 3.8) is 0 Å². The van der Waals surface area contributed by atoms with Gasteiger partial charge in [0.25, 0.3) is 0 Å². The molecule has 5 nitrogen and oxygen atoms in total. The fourth-order valence-corrected chi connectivity index (χ4v) is 2.63. The van der Waals surface area contributed by atoms with Crippen molar-refractivity contribution in [1.29, 1.82) is 0 Å². The van der Waals surface area contributed by atoms with Gasteiger partial charge in [-0.2, -0.15) is 4.98 Å². The zero-order valence-corrected chi connectivity index (χ0v) is 12.0. The van der Waals surface area contributed by atoms with Gasteiger partial charge in [-0.15, -0.1) is 0 Å². The van der Waals surface area contributed by atoms with E-state index >= 15 is 0 Å².